The summed E-state index contributed by atoms with van der Waals surface area (Å²) in [6, 6.07) is 10.9. The number of ether oxygens (including phenoxy) is 1. The Bertz CT molecular complexity index is 762. The Labute approximate surface area is 154 Å². The largest absolute Gasteiger partial charge is 0.455 e. The minimum absolute atomic E-state index is 0.0434. The summed E-state index contributed by atoms with van der Waals surface area (Å²) in [5.41, 5.74) is 0.868. The van der Waals surface area contributed by atoms with Crippen LogP contribution in [0.3, 0.4) is 0 Å². The van der Waals surface area contributed by atoms with Crippen molar-refractivity contribution in [1.82, 2.24) is 5.32 Å². The zero-order valence-electron chi connectivity index (χ0n) is 13.4. The summed E-state index contributed by atoms with van der Waals surface area (Å²) in [4.78, 5) is 23.7. The van der Waals surface area contributed by atoms with E-state index in [9.17, 15) is 14.0 Å². The van der Waals surface area contributed by atoms with Crippen LogP contribution in [0.25, 0.3) is 0 Å². The van der Waals surface area contributed by atoms with Gasteiger partial charge >= 0.3 is 5.97 Å². The van der Waals surface area contributed by atoms with Gasteiger partial charge in [-0.3, -0.25) is 9.59 Å². The third-order valence-electron chi connectivity index (χ3n) is 3.47. The minimum atomic E-state index is -0.738. The standard InChI is InChI=1S/C18H16Cl2FNO3/c1-11(12-4-2-5-13(19)8-12)22-17(23)10-25-18(24)9-14-15(20)6-3-7-16(14)21/h2-8,11H,9-10H2,1H3,(H,22,23)/t11-/m1/s1. The molecule has 0 spiro atoms. The summed E-state index contributed by atoms with van der Waals surface area (Å²) in [5.74, 6) is -1.80. The number of carbonyl (C=O) groups is 2. The van der Waals surface area contributed by atoms with Crippen LogP contribution in [0.1, 0.15) is 24.1 Å². The number of esters is 1. The number of benzene rings is 2. The van der Waals surface area contributed by atoms with Crippen LogP contribution >= 0.6 is 23.2 Å². The highest BCUT2D eigenvalue weighted by Crippen LogP contribution is 2.20. The molecule has 0 saturated carbocycles. The Kier molecular flexibility index (Phi) is 6.79. The van der Waals surface area contributed by atoms with Gasteiger partial charge in [0.2, 0.25) is 0 Å². The highest BCUT2D eigenvalue weighted by atomic mass is 35.5. The monoisotopic (exact) mass is 383 g/mol. The SMILES string of the molecule is C[C@@H](NC(=O)COC(=O)Cc1c(F)cccc1Cl)c1cccc(Cl)c1. The Morgan fingerprint density at radius 1 is 1.20 bits per heavy atom. The summed E-state index contributed by atoms with van der Waals surface area (Å²) >= 11 is 11.8. The average molecular weight is 384 g/mol. The summed E-state index contributed by atoms with van der Waals surface area (Å²) < 4.78 is 18.5. The quantitative estimate of drug-likeness (QED) is 0.764. The first-order valence-corrected chi connectivity index (χ1v) is 8.25. The third kappa shape index (κ3) is 5.73. The topological polar surface area (TPSA) is 55.4 Å². The van der Waals surface area contributed by atoms with E-state index in [0.717, 1.165) is 5.56 Å². The first kappa shape index (κ1) is 19.2. The molecule has 4 nitrogen and oxygen atoms in total. The molecule has 0 heterocycles. The maximum atomic E-state index is 13.6. The summed E-state index contributed by atoms with van der Waals surface area (Å²) in [6.07, 6.45) is -0.345. The van der Waals surface area contributed by atoms with Crippen molar-refractivity contribution in [3.63, 3.8) is 0 Å². The lowest BCUT2D eigenvalue weighted by Crippen LogP contribution is -2.31. The van der Waals surface area contributed by atoms with Gasteiger partial charge in [-0.1, -0.05) is 41.4 Å². The maximum absolute atomic E-state index is 13.6. The smallest absolute Gasteiger partial charge is 0.310 e. The highest BCUT2D eigenvalue weighted by Gasteiger charge is 2.15. The van der Waals surface area contributed by atoms with Crippen molar-refractivity contribution in [2.75, 3.05) is 6.61 Å². The highest BCUT2D eigenvalue weighted by molar-refractivity contribution is 6.31. The van der Waals surface area contributed by atoms with Crippen LogP contribution in [0.15, 0.2) is 42.5 Å². The Morgan fingerprint density at radius 3 is 2.60 bits per heavy atom. The van der Waals surface area contributed by atoms with Gasteiger partial charge in [0.15, 0.2) is 6.61 Å². The Balaban J connectivity index is 1.84. The van der Waals surface area contributed by atoms with Gasteiger partial charge in [-0.2, -0.15) is 0 Å². The van der Waals surface area contributed by atoms with Gasteiger partial charge < -0.3 is 10.1 Å². The molecule has 2 rings (SSSR count). The van der Waals surface area contributed by atoms with Crippen LogP contribution < -0.4 is 5.32 Å². The average Bonchev–Trinajstić information content (AvgIpc) is 2.56. The summed E-state index contributed by atoms with van der Waals surface area (Å²) in [6.45, 7) is 1.32. The predicted octanol–water partition coefficient (Wildman–Crippen LogP) is 4.10. The van der Waals surface area contributed by atoms with E-state index < -0.39 is 24.3 Å². The molecule has 2 aromatic rings. The van der Waals surface area contributed by atoms with Crippen LogP contribution in [-0.2, 0) is 20.7 Å². The summed E-state index contributed by atoms with van der Waals surface area (Å²) in [7, 11) is 0. The van der Waals surface area contributed by atoms with Crippen molar-refractivity contribution in [1.29, 1.82) is 0 Å². The van der Waals surface area contributed by atoms with Crippen LogP contribution in [0.5, 0.6) is 0 Å². The Morgan fingerprint density at radius 2 is 1.92 bits per heavy atom. The number of nitrogens with one attached hydrogen (secondary N) is 1. The molecule has 0 aliphatic rings. The molecule has 0 radical (unpaired) electrons. The van der Waals surface area contributed by atoms with Gasteiger partial charge in [0, 0.05) is 15.6 Å². The lowest BCUT2D eigenvalue weighted by molar-refractivity contribution is -0.148. The molecular weight excluding hydrogens is 368 g/mol. The van der Waals surface area contributed by atoms with Crippen molar-refractivity contribution >= 4 is 35.1 Å². The number of hydrogen-bond donors (Lipinski definition) is 1. The van der Waals surface area contributed by atoms with Crippen LogP contribution in [0, 0.1) is 5.82 Å². The van der Waals surface area contributed by atoms with E-state index in [1.54, 1.807) is 25.1 Å². The van der Waals surface area contributed by atoms with Gasteiger partial charge in [0.05, 0.1) is 12.5 Å². The lowest BCUT2D eigenvalue weighted by Gasteiger charge is -2.14. The first-order chi connectivity index (χ1) is 11.9. The minimum Gasteiger partial charge on any atom is -0.455 e. The Hall–Kier alpha value is -2.11. The zero-order chi connectivity index (χ0) is 18.4. The number of rotatable bonds is 6. The fourth-order valence-electron chi connectivity index (χ4n) is 2.19. The molecule has 0 aliphatic carbocycles. The lowest BCUT2D eigenvalue weighted by atomic mass is 10.1. The molecule has 132 valence electrons. The molecule has 1 amide bonds. The van der Waals surface area contributed by atoms with Crippen molar-refractivity contribution in [3.8, 4) is 0 Å². The van der Waals surface area contributed by atoms with E-state index in [1.807, 2.05) is 6.07 Å². The second-order valence-electron chi connectivity index (χ2n) is 5.38. The number of amides is 1. The van der Waals surface area contributed by atoms with E-state index in [2.05, 4.69) is 5.32 Å². The van der Waals surface area contributed by atoms with Crippen LogP contribution in [0.4, 0.5) is 4.39 Å². The maximum Gasteiger partial charge on any atom is 0.310 e. The fourth-order valence-corrected chi connectivity index (χ4v) is 2.61. The molecular formula is C18H16Cl2FNO3. The predicted molar refractivity (Wildman–Crippen MR) is 94.1 cm³/mol. The molecule has 0 fully saturated rings. The summed E-state index contributed by atoms with van der Waals surface area (Å²) in [5, 5.41) is 3.39. The molecule has 0 aliphatic heterocycles. The fraction of sp³-hybridized carbons (Fsp3) is 0.222. The molecule has 1 N–H and O–H groups in total. The van der Waals surface area contributed by atoms with Gasteiger partial charge in [-0.05, 0) is 36.8 Å². The van der Waals surface area contributed by atoms with Gasteiger partial charge in [-0.25, -0.2) is 4.39 Å². The molecule has 2 aromatic carbocycles. The van der Waals surface area contributed by atoms with Gasteiger partial charge in [-0.15, -0.1) is 0 Å². The zero-order valence-corrected chi connectivity index (χ0v) is 14.9. The second kappa shape index (κ2) is 8.83. The van der Waals surface area contributed by atoms with Crippen LogP contribution in [-0.4, -0.2) is 18.5 Å². The van der Waals surface area contributed by atoms with Crippen molar-refractivity contribution in [2.45, 2.75) is 19.4 Å². The van der Waals surface area contributed by atoms with Crippen molar-refractivity contribution < 1.29 is 18.7 Å². The normalized spacial score (nSPS) is 11.7. The number of carbonyl (C=O) groups excluding carboxylic acids is 2. The molecule has 7 heteroatoms. The van der Waals surface area contributed by atoms with Gasteiger partial charge in [0.1, 0.15) is 5.82 Å². The van der Waals surface area contributed by atoms with Gasteiger partial charge in [0.25, 0.3) is 5.91 Å². The third-order valence-corrected chi connectivity index (χ3v) is 4.06. The van der Waals surface area contributed by atoms with Crippen molar-refractivity contribution in [3.05, 3.63) is 69.5 Å². The molecule has 0 bridgehead atoms. The number of halogens is 3. The molecule has 0 saturated heterocycles. The number of hydrogen-bond acceptors (Lipinski definition) is 3. The van der Waals surface area contributed by atoms with E-state index in [4.69, 9.17) is 27.9 Å². The van der Waals surface area contributed by atoms with E-state index in [0.29, 0.717) is 5.02 Å². The van der Waals surface area contributed by atoms with Crippen LogP contribution in [0.2, 0.25) is 10.0 Å². The second-order valence-corrected chi connectivity index (χ2v) is 6.23. The molecule has 25 heavy (non-hydrogen) atoms. The van der Waals surface area contributed by atoms with E-state index >= 15 is 0 Å². The molecule has 0 aromatic heterocycles. The molecule has 1 atom stereocenters. The van der Waals surface area contributed by atoms with Crippen molar-refractivity contribution in [2.24, 2.45) is 0 Å². The first-order valence-electron chi connectivity index (χ1n) is 7.50. The molecule has 0 unspecified atom stereocenters. The van der Waals surface area contributed by atoms with E-state index in [1.165, 1.54) is 18.2 Å². The van der Waals surface area contributed by atoms with E-state index in [-0.39, 0.29) is 23.0 Å².